The second-order valence-corrected chi connectivity index (χ2v) is 3.62. The smallest absolute Gasteiger partial charge is 0.157 e. The van der Waals surface area contributed by atoms with Gasteiger partial charge >= 0.3 is 0 Å². The molecule has 1 N–H and O–H groups in total. The molecule has 6 heteroatoms. The number of aromatic nitrogens is 3. The van der Waals surface area contributed by atoms with Crippen LogP contribution in [0.25, 0.3) is 0 Å². The Bertz CT molecular complexity index is 497. The summed E-state index contributed by atoms with van der Waals surface area (Å²) in [4.78, 5) is 3.99. The number of rotatable bonds is 3. The molecule has 0 aliphatic heterocycles. The summed E-state index contributed by atoms with van der Waals surface area (Å²) in [5.41, 5.74) is 0.971. The minimum absolute atomic E-state index is 0.279. The van der Waals surface area contributed by atoms with Crippen molar-refractivity contribution in [2.24, 2.45) is 0 Å². The second kappa shape index (κ2) is 4.52. The highest BCUT2D eigenvalue weighted by Crippen LogP contribution is 2.11. The summed E-state index contributed by atoms with van der Waals surface area (Å²) >= 11 is 3.87. The molecule has 0 saturated carbocycles. The Kier molecular flexibility index (Phi) is 3.09. The third kappa shape index (κ3) is 2.16. The van der Waals surface area contributed by atoms with Crippen molar-refractivity contribution in [1.82, 2.24) is 14.8 Å². The number of anilines is 1. The lowest BCUT2D eigenvalue weighted by Crippen LogP contribution is -2.06. The van der Waals surface area contributed by atoms with Gasteiger partial charge in [-0.25, -0.2) is 4.39 Å². The molecule has 0 atom stereocenters. The summed E-state index contributed by atoms with van der Waals surface area (Å²) in [7, 11) is 0. The molecular formula is C10H11FN4S. The van der Waals surface area contributed by atoms with Gasteiger partial charge in [-0.2, -0.15) is 5.10 Å². The van der Waals surface area contributed by atoms with Crippen LogP contribution in [0.5, 0.6) is 0 Å². The van der Waals surface area contributed by atoms with Crippen LogP contribution in [0.2, 0.25) is 0 Å². The first-order chi connectivity index (χ1) is 7.70. The van der Waals surface area contributed by atoms with E-state index in [1.807, 2.05) is 0 Å². The van der Waals surface area contributed by atoms with Gasteiger partial charge in [0.05, 0.1) is 12.2 Å². The van der Waals surface area contributed by atoms with E-state index < -0.39 is 0 Å². The zero-order valence-corrected chi connectivity index (χ0v) is 9.58. The van der Waals surface area contributed by atoms with Crippen molar-refractivity contribution >= 4 is 18.6 Å². The molecule has 0 aliphatic carbocycles. The van der Waals surface area contributed by atoms with E-state index in [2.05, 4.69) is 27.6 Å². The monoisotopic (exact) mass is 238 g/mol. The Morgan fingerprint density at radius 2 is 2.31 bits per heavy atom. The molecule has 0 aliphatic rings. The van der Waals surface area contributed by atoms with E-state index in [4.69, 9.17) is 0 Å². The molecule has 0 aromatic carbocycles. The largest absolute Gasteiger partial charge is 0.316 e. The molecule has 0 unspecified atom stereocenters. The van der Waals surface area contributed by atoms with E-state index in [0.717, 1.165) is 0 Å². The average molecular weight is 238 g/mol. The van der Waals surface area contributed by atoms with E-state index in [1.165, 1.54) is 0 Å². The first-order valence-corrected chi connectivity index (χ1v) is 5.19. The van der Waals surface area contributed by atoms with Crippen molar-refractivity contribution in [3.8, 4) is 0 Å². The van der Waals surface area contributed by atoms with Gasteiger partial charge in [-0.05, 0) is 18.6 Å². The quantitative estimate of drug-likeness (QED) is 0.804. The van der Waals surface area contributed by atoms with E-state index in [-0.39, 0.29) is 5.82 Å². The molecule has 0 bridgehead atoms. The van der Waals surface area contributed by atoms with Crippen LogP contribution in [0, 0.1) is 12.7 Å². The van der Waals surface area contributed by atoms with Crippen molar-refractivity contribution < 1.29 is 4.39 Å². The van der Waals surface area contributed by atoms with Gasteiger partial charge in [-0.3, -0.25) is 9.67 Å². The molecule has 0 radical (unpaired) electrons. The summed E-state index contributed by atoms with van der Waals surface area (Å²) < 4.78 is 17.8. The lowest BCUT2D eigenvalue weighted by atomic mass is 10.2. The first-order valence-electron chi connectivity index (χ1n) is 4.74. The van der Waals surface area contributed by atoms with Crippen molar-refractivity contribution in [2.75, 3.05) is 4.72 Å². The predicted molar refractivity (Wildman–Crippen MR) is 62.9 cm³/mol. The van der Waals surface area contributed by atoms with Crippen LogP contribution in [0.15, 0.2) is 24.5 Å². The van der Waals surface area contributed by atoms with Crippen LogP contribution in [0.3, 0.4) is 0 Å². The van der Waals surface area contributed by atoms with Gasteiger partial charge in [0.2, 0.25) is 0 Å². The Balaban J connectivity index is 2.23. The molecule has 0 fully saturated rings. The fourth-order valence-electron chi connectivity index (χ4n) is 1.37. The van der Waals surface area contributed by atoms with E-state index in [1.54, 1.807) is 36.1 Å². The standard InChI is InChI=1S/C10H11FN4S/c1-7-2-4-12-8(10(7)11)6-15-5-3-9(13-15)14-16/h2-5,16H,6H2,1H3,(H,13,14). The topological polar surface area (TPSA) is 42.7 Å². The van der Waals surface area contributed by atoms with Gasteiger partial charge in [0.1, 0.15) is 5.82 Å². The van der Waals surface area contributed by atoms with Crippen molar-refractivity contribution in [3.05, 3.63) is 41.6 Å². The van der Waals surface area contributed by atoms with Crippen LogP contribution in [0.4, 0.5) is 10.2 Å². The lowest BCUT2D eigenvalue weighted by molar-refractivity contribution is 0.564. The first kappa shape index (κ1) is 10.9. The third-order valence-corrected chi connectivity index (χ3v) is 2.45. The summed E-state index contributed by atoms with van der Waals surface area (Å²) in [5.74, 6) is 0.342. The molecule has 2 aromatic heterocycles. The molecule has 0 spiro atoms. The van der Waals surface area contributed by atoms with E-state index in [9.17, 15) is 4.39 Å². The molecule has 0 amide bonds. The number of pyridine rings is 1. The Hall–Kier alpha value is -1.56. The van der Waals surface area contributed by atoms with E-state index >= 15 is 0 Å². The molecule has 84 valence electrons. The molecule has 2 aromatic rings. The maximum absolute atomic E-state index is 13.6. The number of nitrogens with zero attached hydrogens (tertiary/aromatic N) is 3. The Morgan fingerprint density at radius 1 is 1.50 bits per heavy atom. The third-order valence-electron chi connectivity index (χ3n) is 2.22. The van der Waals surface area contributed by atoms with Crippen LogP contribution < -0.4 is 4.72 Å². The van der Waals surface area contributed by atoms with Crippen molar-refractivity contribution in [3.63, 3.8) is 0 Å². The van der Waals surface area contributed by atoms with Gasteiger partial charge in [-0.15, -0.1) is 0 Å². The van der Waals surface area contributed by atoms with Crippen LogP contribution >= 0.6 is 12.8 Å². The highest BCUT2D eigenvalue weighted by Gasteiger charge is 2.07. The zero-order chi connectivity index (χ0) is 11.5. The predicted octanol–water partition coefficient (Wildman–Crippen LogP) is 2.03. The maximum atomic E-state index is 13.6. The Labute approximate surface area is 98.1 Å². The van der Waals surface area contributed by atoms with Gasteiger partial charge < -0.3 is 4.72 Å². The molecule has 0 saturated heterocycles. The van der Waals surface area contributed by atoms with Gasteiger partial charge in [0.15, 0.2) is 5.82 Å². The molecule has 4 nitrogen and oxygen atoms in total. The number of nitrogens with one attached hydrogen (secondary N) is 1. The Morgan fingerprint density at radius 3 is 3.00 bits per heavy atom. The normalized spacial score (nSPS) is 10.4. The van der Waals surface area contributed by atoms with Gasteiger partial charge in [0, 0.05) is 18.5 Å². The highest BCUT2D eigenvalue weighted by atomic mass is 32.1. The number of thiol groups is 1. The fraction of sp³-hybridized carbons (Fsp3) is 0.200. The van der Waals surface area contributed by atoms with Crippen LogP contribution in [-0.2, 0) is 6.54 Å². The molecule has 16 heavy (non-hydrogen) atoms. The number of hydrogen-bond donors (Lipinski definition) is 2. The minimum Gasteiger partial charge on any atom is -0.316 e. The average Bonchev–Trinajstić information content (AvgIpc) is 2.73. The summed E-state index contributed by atoms with van der Waals surface area (Å²) in [6, 6.07) is 3.39. The highest BCUT2D eigenvalue weighted by molar-refractivity contribution is 7.81. The summed E-state index contributed by atoms with van der Waals surface area (Å²) in [5, 5.41) is 4.12. The van der Waals surface area contributed by atoms with Crippen molar-refractivity contribution in [2.45, 2.75) is 13.5 Å². The van der Waals surface area contributed by atoms with Crippen LogP contribution in [0.1, 0.15) is 11.3 Å². The molecule has 2 heterocycles. The van der Waals surface area contributed by atoms with Gasteiger partial charge in [0.25, 0.3) is 0 Å². The molecule has 2 rings (SSSR count). The molecular weight excluding hydrogens is 227 g/mol. The minimum atomic E-state index is -0.279. The summed E-state index contributed by atoms with van der Waals surface area (Å²) in [6.07, 6.45) is 3.33. The van der Waals surface area contributed by atoms with Crippen LogP contribution in [-0.4, -0.2) is 14.8 Å². The van der Waals surface area contributed by atoms with Crippen molar-refractivity contribution in [1.29, 1.82) is 0 Å². The lowest BCUT2D eigenvalue weighted by Gasteiger charge is -2.04. The maximum Gasteiger partial charge on any atom is 0.157 e. The fourth-order valence-corrected chi connectivity index (χ4v) is 1.49. The van der Waals surface area contributed by atoms with E-state index in [0.29, 0.717) is 23.6 Å². The number of hydrogen-bond acceptors (Lipinski definition) is 4. The number of halogens is 1. The summed E-state index contributed by atoms with van der Waals surface area (Å²) in [6.45, 7) is 2.02. The SMILES string of the molecule is Cc1ccnc(Cn2ccc(NS)n2)c1F. The van der Waals surface area contributed by atoms with Gasteiger partial charge in [-0.1, -0.05) is 12.8 Å². The number of aryl methyl sites for hydroxylation is 1. The second-order valence-electron chi connectivity index (χ2n) is 3.40. The zero-order valence-electron chi connectivity index (χ0n) is 8.68.